The molecule has 1 heterocycles. The van der Waals surface area contributed by atoms with E-state index in [-0.39, 0.29) is 6.04 Å². The van der Waals surface area contributed by atoms with Crippen molar-refractivity contribution >= 4 is 5.95 Å². The third-order valence-corrected chi connectivity index (χ3v) is 3.01. The first-order valence-electron chi connectivity index (χ1n) is 6.20. The van der Waals surface area contributed by atoms with Gasteiger partial charge in [-0.15, -0.1) is 5.10 Å². The Morgan fingerprint density at radius 2 is 1.78 bits per heavy atom. The lowest BCUT2D eigenvalue weighted by atomic mass is 10.1. The fourth-order valence-corrected chi connectivity index (χ4v) is 1.78. The maximum atomic E-state index is 4.40. The second-order valence-corrected chi connectivity index (χ2v) is 4.32. The van der Waals surface area contributed by atoms with E-state index in [1.165, 1.54) is 5.56 Å². The summed E-state index contributed by atoms with van der Waals surface area (Å²) in [5, 5.41) is 11.5. The molecule has 0 fully saturated rings. The van der Waals surface area contributed by atoms with E-state index in [9.17, 15) is 0 Å². The van der Waals surface area contributed by atoms with Gasteiger partial charge in [0.1, 0.15) is 0 Å². The molecule has 0 aliphatic carbocycles. The molecule has 4 nitrogen and oxygen atoms in total. The van der Waals surface area contributed by atoms with E-state index in [1.807, 2.05) is 32.0 Å². The summed E-state index contributed by atoms with van der Waals surface area (Å²) in [6, 6.07) is 10.5. The van der Waals surface area contributed by atoms with Crippen molar-refractivity contribution in [1.29, 1.82) is 0 Å². The average Bonchev–Trinajstić information content (AvgIpc) is 2.41. The van der Waals surface area contributed by atoms with E-state index in [0.29, 0.717) is 5.95 Å². The molecule has 0 spiro atoms. The molecule has 0 amide bonds. The molecule has 0 saturated heterocycles. The second-order valence-electron chi connectivity index (χ2n) is 4.32. The van der Waals surface area contributed by atoms with Crippen molar-refractivity contribution in [2.45, 2.75) is 33.2 Å². The van der Waals surface area contributed by atoms with Crippen molar-refractivity contribution in [3.63, 3.8) is 0 Å². The summed E-state index contributed by atoms with van der Waals surface area (Å²) in [7, 11) is 0. The van der Waals surface area contributed by atoms with Gasteiger partial charge in [-0.05, 0) is 25.8 Å². The van der Waals surface area contributed by atoms with Crippen molar-refractivity contribution in [2.24, 2.45) is 0 Å². The molecule has 0 aliphatic rings. The molecular formula is C14H18N4. The van der Waals surface area contributed by atoms with Gasteiger partial charge in [0, 0.05) is 0 Å². The standard InChI is InChI=1S/C14H18N4/c1-4-13(12-8-6-5-7-9-12)16-14-15-10(2)11(3)17-18-14/h5-9,13H,4H2,1-3H3,(H,15,16,18). The lowest BCUT2D eigenvalue weighted by Gasteiger charge is -2.17. The van der Waals surface area contributed by atoms with E-state index in [2.05, 4.69) is 39.6 Å². The minimum atomic E-state index is 0.218. The molecule has 0 bridgehead atoms. The van der Waals surface area contributed by atoms with Crippen LogP contribution in [0.5, 0.6) is 0 Å². The van der Waals surface area contributed by atoms with E-state index < -0.39 is 0 Å². The highest BCUT2D eigenvalue weighted by molar-refractivity contribution is 5.31. The van der Waals surface area contributed by atoms with E-state index >= 15 is 0 Å². The van der Waals surface area contributed by atoms with Gasteiger partial charge in [0.05, 0.1) is 17.4 Å². The highest BCUT2D eigenvalue weighted by Gasteiger charge is 2.10. The molecule has 18 heavy (non-hydrogen) atoms. The largest absolute Gasteiger partial charge is 0.346 e. The molecule has 0 aliphatic heterocycles. The quantitative estimate of drug-likeness (QED) is 0.895. The Morgan fingerprint density at radius 1 is 1.06 bits per heavy atom. The van der Waals surface area contributed by atoms with Gasteiger partial charge < -0.3 is 5.32 Å². The lowest BCUT2D eigenvalue weighted by Crippen LogP contribution is -2.13. The van der Waals surface area contributed by atoms with E-state index in [1.54, 1.807) is 0 Å². The molecule has 1 N–H and O–H groups in total. The first kappa shape index (κ1) is 12.5. The zero-order valence-corrected chi connectivity index (χ0v) is 11.0. The van der Waals surface area contributed by atoms with Gasteiger partial charge >= 0.3 is 0 Å². The summed E-state index contributed by atoms with van der Waals surface area (Å²) in [4.78, 5) is 4.40. The summed E-state index contributed by atoms with van der Waals surface area (Å²) < 4.78 is 0. The van der Waals surface area contributed by atoms with Gasteiger partial charge in [0.15, 0.2) is 0 Å². The van der Waals surface area contributed by atoms with Crippen molar-refractivity contribution in [3.05, 3.63) is 47.3 Å². The van der Waals surface area contributed by atoms with Gasteiger partial charge in [-0.25, -0.2) is 4.98 Å². The Hall–Kier alpha value is -1.97. The number of anilines is 1. The predicted molar refractivity (Wildman–Crippen MR) is 72.4 cm³/mol. The third kappa shape index (κ3) is 2.83. The van der Waals surface area contributed by atoms with Crippen molar-refractivity contribution in [1.82, 2.24) is 15.2 Å². The van der Waals surface area contributed by atoms with Crippen LogP contribution in [0.15, 0.2) is 30.3 Å². The summed E-state index contributed by atoms with van der Waals surface area (Å²) in [5.41, 5.74) is 3.02. The smallest absolute Gasteiger partial charge is 0.243 e. The van der Waals surface area contributed by atoms with Crippen LogP contribution in [0.4, 0.5) is 5.95 Å². The molecule has 1 aromatic heterocycles. The zero-order chi connectivity index (χ0) is 13.0. The van der Waals surface area contributed by atoms with Crippen LogP contribution in [0.3, 0.4) is 0 Å². The van der Waals surface area contributed by atoms with Crippen LogP contribution in [-0.4, -0.2) is 15.2 Å². The minimum absolute atomic E-state index is 0.218. The molecule has 2 aromatic rings. The zero-order valence-electron chi connectivity index (χ0n) is 11.0. The SMILES string of the molecule is CCC(Nc1nnc(C)c(C)n1)c1ccccc1. The Labute approximate surface area is 107 Å². The van der Waals surface area contributed by atoms with Crippen molar-refractivity contribution in [2.75, 3.05) is 5.32 Å². The van der Waals surface area contributed by atoms with Crippen LogP contribution >= 0.6 is 0 Å². The van der Waals surface area contributed by atoms with E-state index in [0.717, 1.165) is 17.8 Å². The van der Waals surface area contributed by atoms with Crippen LogP contribution in [-0.2, 0) is 0 Å². The Morgan fingerprint density at radius 3 is 2.39 bits per heavy atom. The summed E-state index contributed by atoms with van der Waals surface area (Å²) in [6.45, 7) is 5.99. The number of aromatic nitrogens is 3. The van der Waals surface area contributed by atoms with Gasteiger partial charge in [-0.1, -0.05) is 37.3 Å². The molecule has 1 unspecified atom stereocenters. The van der Waals surface area contributed by atoms with Gasteiger partial charge in [-0.2, -0.15) is 5.10 Å². The molecular weight excluding hydrogens is 224 g/mol. The van der Waals surface area contributed by atoms with Gasteiger partial charge in [0.25, 0.3) is 0 Å². The number of benzene rings is 1. The maximum absolute atomic E-state index is 4.40. The number of aryl methyl sites for hydroxylation is 2. The van der Waals surface area contributed by atoms with E-state index in [4.69, 9.17) is 0 Å². The van der Waals surface area contributed by atoms with Crippen LogP contribution < -0.4 is 5.32 Å². The summed E-state index contributed by atoms with van der Waals surface area (Å²) in [6.07, 6.45) is 0.973. The van der Waals surface area contributed by atoms with Crippen LogP contribution in [0.25, 0.3) is 0 Å². The number of hydrogen-bond acceptors (Lipinski definition) is 4. The predicted octanol–water partition coefficient (Wildman–Crippen LogP) is 3.05. The molecule has 94 valence electrons. The maximum Gasteiger partial charge on any atom is 0.243 e. The average molecular weight is 242 g/mol. The molecule has 0 saturated carbocycles. The first-order chi connectivity index (χ1) is 8.70. The molecule has 0 radical (unpaired) electrons. The molecule has 2 rings (SSSR count). The Kier molecular flexibility index (Phi) is 3.87. The van der Waals surface area contributed by atoms with Crippen molar-refractivity contribution in [3.8, 4) is 0 Å². The van der Waals surface area contributed by atoms with Gasteiger partial charge in [-0.3, -0.25) is 0 Å². The number of nitrogens with one attached hydrogen (secondary N) is 1. The Balaban J connectivity index is 2.18. The van der Waals surface area contributed by atoms with Crippen LogP contribution in [0.1, 0.15) is 36.3 Å². The van der Waals surface area contributed by atoms with Crippen LogP contribution in [0.2, 0.25) is 0 Å². The summed E-state index contributed by atoms with van der Waals surface area (Å²) in [5.74, 6) is 0.591. The van der Waals surface area contributed by atoms with Gasteiger partial charge in [0.2, 0.25) is 5.95 Å². The normalized spacial score (nSPS) is 12.2. The third-order valence-electron chi connectivity index (χ3n) is 3.01. The minimum Gasteiger partial charge on any atom is -0.346 e. The fraction of sp³-hybridized carbons (Fsp3) is 0.357. The number of rotatable bonds is 4. The molecule has 1 atom stereocenters. The van der Waals surface area contributed by atoms with Crippen LogP contribution in [0, 0.1) is 13.8 Å². The number of hydrogen-bond donors (Lipinski definition) is 1. The first-order valence-corrected chi connectivity index (χ1v) is 6.20. The highest BCUT2D eigenvalue weighted by atomic mass is 15.2. The molecule has 1 aromatic carbocycles. The Bertz CT molecular complexity index is 510. The topological polar surface area (TPSA) is 50.7 Å². The fourth-order valence-electron chi connectivity index (χ4n) is 1.78. The highest BCUT2D eigenvalue weighted by Crippen LogP contribution is 2.20. The number of nitrogens with zero attached hydrogens (tertiary/aromatic N) is 3. The van der Waals surface area contributed by atoms with Crippen molar-refractivity contribution < 1.29 is 0 Å². The second kappa shape index (κ2) is 5.58. The molecule has 4 heteroatoms. The summed E-state index contributed by atoms with van der Waals surface area (Å²) >= 11 is 0. The monoisotopic (exact) mass is 242 g/mol. The lowest BCUT2D eigenvalue weighted by molar-refractivity contribution is 0.728.